The molecule has 0 bridgehead atoms. The van der Waals surface area contributed by atoms with Crippen molar-refractivity contribution in [2.24, 2.45) is 5.92 Å². The Morgan fingerprint density at radius 3 is 2.85 bits per heavy atom. The SMILES string of the molecule is CC(C)CCSc1ccc(C=O)s1. The number of carbonyl (C=O) groups is 1. The van der Waals surface area contributed by atoms with Gasteiger partial charge in [0, 0.05) is 0 Å². The molecule has 1 rings (SSSR count). The summed E-state index contributed by atoms with van der Waals surface area (Å²) in [6, 6.07) is 3.91. The lowest BCUT2D eigenvalue weighted by Gasteiger charge is -2.01. The van der Waals surface area contributed by atoms with Crippen LogP contribution in [0, 0.1) is 5.92 Å². The highest BCUT2D eigenvalue weighted by molar-refractivity contribution is 8.01. The Morgan fingerprint density at radius 1 is 1.54 bits per heavy atom. The number of aldehydes is 1. The molecule has 13 heavy (non-hydrogen) atoms. The van der Waals surface area contributed by atoms with Gasteiger partial charge in [0.05, 0.1) is 9.09 Å². The summed E-state index contributed by atoms with van der Waals surface area (Å²) in [5.41, 5.74) is 0. The zero-order chi connectivity index (χ0) is 9.68. The molecule has 0 atom stereocenters. The maximum absolute atomic E-state index is 10.4. The van der Waals surface area contributed by atoms with Crippen LogP contribution in [-0.2, 0) is 0 Å². The Balaban J connectivity index is 2.32. The second kappa shape index (κ2) is 5.45. The van der Waals surface area contributed by atoms with Crippen molar-refractivity contribution in [2.75, 3.05) is 5.75 Å². The molecule has 0 aliphatic rings. The van der Waals surface area contributed by atoms with Crippen molar-refractivity contribution >= 4 is 29.4 Å². The van der Waals surface area contributed by atoms with Crippen LogP contribution in [0.15, 0.2) is 16.3 Å². The molecule has 1 aromatic rings. The number of thioether (sulfide) groups is 1. The van der Waals surface area contributed by atoms with Gasteiger partial charge in [-0.2, -0.15) is 0 Å². The molecule has 1 aromatic heterocycles. The van der Waals surface area contributed by atoms with Gasteiger partial charge in [0.15, 0.2) is 6.29 Å². The Bertz CT molecular complexity index is 266. The fourth-order valence-electron chi connectivity index (χ4n) is 0.871. The zero-order valence-corrected chi connectivity index (χ0v) is 9.58. The monoisotopic (exact) mass is 214 g/mol. The molecule has 0 fully saturated rings. The van der Waals surface area contributed by atoms with Crippen LogP contribution in [0.4, 0.5) is 0 Å². The topological polar surface area (TPSA) is 17.1 Å². The van der Waals surface area contributed by atoms with E-state index in [1.807, 2.05) is 23.9 Å². The molecule has 1 nitrogen and oxygen atoms in total. The lowest BCUT2D eigenvalue weighted by atomic mass is 10.2. The number of hydrogen-bond acceptors (Lipinski definition) is 3. The average Bonchev–Trinajstić information content (AvgIpc) is 2.52. The Kier molecular flexibility index (Phi) is 4.53. The molecule has 72 valence electrons. The predicted octanol–water partition coefficient (Wildman–Crippen LogP) is 3.70. The van der Waals surface area contributed by atoms with E-state index in [0.29, 0.717) is 0 Å². The van der Waals surface area contributed by atoms with E-state index in [4.69, 9.17) is 0 Å². The molecule has 0 unspecified atom stereocenters. The van der Waals surface area contributed by atoms with Gasteiger partial charge in [-0.3, -0.25) is 4.79 Å². The maximum Gasteiger partial charge on any atom is 0.160 e. The quantitative estimate of drug-likeness (QED) is 0.549. The third kappa shape index (κ3) is 3.96. The Labute approximate surface area is 87.5 Å². The van der Waals surface area contributed by atoms with Gasteiger partial charge in [-0.1, -0.05) is 13.8 Å². The van der Waals surface area contributed by atoms with Crippen LogP contribution in [0.5, 0.6) is 0 Å². The third-order valence-corrected chi connectivity index (χ3v) is 3.93. The van der Waals surface area contributed by atoms with Crippen molar-refractivity contribution in [3.63, 3.8) is 0 Å². The Hall–Kier alpha value is -0.280. The maximum atomic E-state index is 10.4. The van der Waals surface area contributed by atoms with E-state index >= 15 is 0 Å². The number of hydrogen-bond donors (Lipinski definition) is 0. The first-order chi connectivity index (χ1) is 6.22. The molecule has 0 aliphatic carbocycles. The highest BCUT2D eigenvalue weighted by atomic mass is 32.2. The van der Waals surface area contributed by atoms with Crippen LogP contribution in [0.2, 0.25) is 0 Å². The first-order valence-electron chi connectivity index (χ1n) is 4.40. The van der Waals surface area contributed by atoms with Gasteiger partial charge >= 0.3 is 0 Å². The number of thiophene rings is 1. The second-order valence-corrected chi connectivity index (χ2v) is 5.82. The molecular weight excluding hydrogens is 200 g/mol. The molecule has 0 spiro atoms. The third-order valence-electron chi connectivity index (χ3n) is 1.66. The van der Waals surface area contributed by atoms with E-state index in [1.54, 1.807) is 11.3 Å². The molecule has 0 aliphatic heterocycles. The van der Waals surface area contributed by atoms with E-state index < -0.39 is 0 Å². The van der Waals surface area contributed by atoms with Crippen molar-refractivity contribution in [3.8, 4) is 0 Å². The van der Waals surface area contributed by atoms with Gasteiger partial charge in [-0.25, -0.2) is 0 Å². The van der Waals surface area contributed by atoms with Crippen LogP contribution in [0.3, 0.4) is 0 Å². The molecule has 0 amide bonds. The van der Waals surface area contributed by atoms with Gasteiger partial charge in [-0.05, 0) is 30.2 Å². The first-order valence-corrected chi connectivity index (χ1v) is 6.20. The fourth-order valence-corrected chi connectivity index (χ4v) is 3.15. The van der Waals surface area contributed by atoms with Crippen molar-refractivity contribution in [3.05, 3.63) is 17.0 Å². The molecule has 0 radical (unpaired) electrons. The van der Waals surface area contributed by atoms with Crippen molar-refractivity contribution in [1.82, 2.24) is 0 Å². The second-order valence-electron chi connectivity index (χ2n) is 3.31. The lowest BCUT2D eigenvalue weighted by molar-refractivity contribution is 0.112. The van der Waals surface area contributed by atoms with Gasteiger partial charge in [0.2, 0.25) is 0 Å². The predicted molar refractivity (Wildman–Crippen MR) is 59.9 cm³/mol. The number of carbonyl (C=O) groups excluding carboxylic acids is 1. The van der Waals surface area contributed by atoms with E-state index in [2.05, 4.69) is 13.8 Å². The summed E-state index contributed by atoms with van der Waals surface area (Å²) in [6.45, 7) is 4.46. The minimum absolute atomic E-state index is 0.762. The zero-order valence-electron chi connectivity index (χ0n) is 7.95. The van der Waals surface area contributed by atoms with Gasteiger partial charge in [0.1, 0.15) is 0 Å². The largest absolute Gasteiger partial charge is 0.297 e. The smallest absolute Gasteiger partial charge is 0.160 e. The minimum atomic E-state index is 0.762. The summed E-state index contributed by atoms with van der Waals surface area (Å²) in [5, 5.41) is 0. The highest BCUT2D eigenvalue weighted by Crippen LogP contribution is 2.27. The lowest BCUT2D eigenvalue weighted by Crippen LogP contribution is -1.88. The first kappa shape index (κ1) is 10.8. The molecule has 3 heteroatoms. The van der Waals surface area contributed by atoms with Crippen LogP contribution in [-0.4, -0.2) is 12.0 Å². The summed E-state index contributed by atoms with van der Waals surface area (Å²) in [4.78, 5) is 11.2. The van der Waals surface area contributed by atoms with Crippen LogP contribution < -0.4 is 0 Å². The Morgan fingerprint density at radius 2 is 2.31 bits per heavy atom. The van der Waals surface area contributed by atoms with Gasteiger partial charge < -0.3 is 0 Å². The van der Waals surface area contributed by atoms with Crippen LogP contribution >= 0.6 is 23.1 Å². The fraction of sp³-hybridized carbons (Fsp3) is 0.500. The molecule has 0 N–H and O–H groups in total. The summed E-state index contributed by atoms with van der Waals surface area (Å²) >= 11 is 3.42. The van der Waals surface area contributed by atoms with Gasteiger partial charge in [-0.15, -0.1) is 23.1 Å². The molecule has 0 aromatic carbocycles. The molecule has 1 heterocycles. The van der Waals surface area contributed by atoms with Crippen molar-refractivity contribution < 1.29 is 4.79 Å². The standard InChI is InChI=1S/C10H14OS2/c1-8(2)5-6-12-10-4-3-9(7-11)13-10/h3-4,7-8H,5-6H2,1-2H3. The highest BCUT2D eigenvalue weighted by Gasteiger charge is 2.00. The molecule has 0 saturated heterocycles. The summed E-state index contributed by atoms with van der Waals surface area (Å²) in [6.07, 6.45) is 2.15. The van der Waals surface area contributed by atoms with Gasteiger partial charge in [0.25, 0.3) is 0 Å². The summed E-state index contributed by atoms with van der Waals surface area (Å²) < 4.78 is 1.25. The normalized spacial score (nSPS) is 10.7. The molecular formula is C10H14OS2. The van der Waals surface area contributed by atoms with E-state index in [9.17, 15) is 4.79 Å². The van der Waals surface area contributed by atoms with E-state index in [0.717, 1.165) is 22.8 Å². The molecule has 0 saturated carbocycles. The minimum Gasteiger partial charge on any atom is -0.297 e. The summed E-state index contributed by atoms with van der Waals surface area (Å²) in [7, 11) is 0. The average molecular weight is 214 g/mol. The van der Waals surface area contributed by atoms with Crippen LogP contribution in [0.25, 0.3) is 0 Å². The van der Waals surface area contributed by atoms with Crippen molar-refractivity contribution in [2.45, 2.75) is 24.5 Å². The van der Waals surface area contributed by atoms with E-state index in [1.165, 1.54) is 10.6 Å². The van der Waals surface area contributed by atoms with E-state index in [-0.39, 0.29) is 0 Å². The van der Waals surface area contributed by atoms with Crippen molar-refractivity contribution in [1.29, 1.82) is 0 Å². The summed E-state index contributed by atoms with van der Waals surface area (Å²) in [5.74, 6) is 1.91. The van der Waals surface area contributed by atoms with Crippen LogP contribution in [0.1, 0.15) is 29.9 Å². The number of rotatable bonds is 5.